The van der Waals surface area contributed by atoms with Gasteiger partial charge in [0.15, 0.2) is 0 Å². The highest BCUT2D eigenvalue weighted by atomic mass is 35.5. The Balaban J connectivity index is 1.69. The van der Waals surface area contributed by atoms with Gasteiger partial charge in [0.1, 0.15) is 0 Å². The monoisotopic (exact) mass is 454 g/mol. The summed E-state index contributed by atoms with van der Waals surface area (Å²) in [5, 5.41) is 10.1. The van der Waals surface area contributed by atoms with Crippen LogP contribution in [0, 0.1) is 5.41 Å². The van der Waals surface area contributed by atoms with Gasteiger partial charge in [0.05, 0.1) is 13.0 Å². The van der Waals surface area contributed by atoms with Crippen LogP contribution in [-0.2, 0) is 17.8 Å². The van der Waals surface area contributed by atoms with E-state index in [-0.39, 0.29) is 12.3 Å². The zero-order chi connectivity index (χ0) is 23.2. The van der Waals surface area contributed by atoms with E-state index in [1.165, 1.54) is 12.4 Å². The number of fused-ring (bicyclic) bond motifs is 1. The minimum Gasteiger partial charge on any atom is -0.404 e. The van der Waals surface area contributed by atoms with Crippen LogP contribution < -0.4 is 10.6 Å². The maximum absolute atomic E-state index is 13.6. The zero-order valence-electron chi connectivity index (χ0n) is 17.9. The molecule has 1 amide bonds. The topological polar surface area (TPSA) is 83.1 Å². The number of halogens is 1. The van der Waals surface area contributed by atoms with Crippen molar-refractivity contribution in [2.45, 2.75) is 13.0 Å². The molecule has 1 aromatic heterocycles. The number of aromatic nitrogens is 1. The predicted molar refractivity (Wildman–Crippen MR) is 135 cm³/mol. The summed E-state index contributed by atoms with van der Waals surface area (Å²) >= 11 is 6.19. The van der Waals surface area contributed by atoms with Crippen LogP contribution in [0.3, 0.4) is 0 Å². The Bertz CT molecular complexity index is 1330. The number of rotatable bonds is 7. The number of hydrogen-bond donors (Lipinski definition) is 2. The Morgan fingerprint density at radius 1 is 1.03 bits per heavy atom. The quantitative estimate of drug-likeness (QED) is 0.356. The molecule has 4 rings (SSSR count). The third kappa shape index (κ3) is 5.10. The van der Waals surface area contributed by atoms with Crippen molar-refractivity contribution >= 4 is 45.8 Å². The lowest BCUT2D eigenvalue weighted by Crippen LogP contribution is -2.31. The number of amides is 1. The second-order valence-corrected chi connectivity index (χ2v) is 8.06. The van der Waals surface area contributed by atoms with Gasteiger partial charge in [-0.15, -0.1) is 0 Å². The molecule has 0 saturated heterocycles. The average Bonchev–Trinajstić information content (AvgIpc) is 2.84. The lowest BCUT2D eigenvalue weighted by Gasteiger charge is -2.24. The molecule has 5 nitrogen and oxygen atoms in total. The van der Waals surface area contributed by atoms with Crippen LogP contribution in [0.2, 0.25) is 5.02 Å². The standard InChI is InChI=1S/C27H23ClN4O/c28-24-6-3-4-19(12-24)18-32(25-10-8-20(9-11-25)23(14-29)15-30)27(33)13-22-17-31-16-21-5-1-2-7-26(21)22/h1-12,14-17,29H,13,18,30H2/b23-15+,29-14?. The molecule has 0 spiro atoms. The third-order valence-corrected chi connectivity index (χ3v) is 5.71. The fourth-order valence-electron chi connectivity index (χ4n) is 3.78. The van der Waals surface area contributed by atoms with Gasteiger partial charge in [-0.3, -0.25) is 9.78 Å². The van der Waals surface area contributed by atoms with Gasteiger partial charge >= 0.3 is 0 Å². The molecule has 0 aliphatic rings. The number of allylic oxidation sites excluding steroid dienone is 1. The van der Waals surface area contributed by atoms with Crippen LogP contribution in [-0.4, -0.2) is 17.1 Å². The Kier molecular flexibility index (Phi) is 6.81. The summed E-state index contributed by atoms with van der Waals surface area (Å²) in [5.41, 5.74) is 9.59. The summed E-state index contributed by atoms with van der Waals surface area (Å²) in [6, 6.07) is 22.9. The molecule has 3 N–H and O–H groups in total. The molecule has 0 bridgehead atoms. The highest BCUT2D eigenvalue weighted by Crippen LogP contribution is 2.24. The summed E-state index contributed by atoms with van der Waals surface area (Å²) in [6.45, 7) is 0.376. The van der Waals surface area contributed by atoms with Crippen LogP contribution in [0.15, 0.2) is 91.4 Å². The van der Waals surface area contributed by atoms with Gasteiger partial charge in [-0.05, 0) is 46.3 Å². The number of pyridine rings is 1. The molecule has 1 heterocycles. The molecule has 0 aliphatic carbocycles. The fraction of sp³-hybridized carbons (Fsp3) is 0.0741. The van der Waals surface area contributed by atoms with Gasteiger partial charge in [0.25, 0.3) is 0 Å². The Morgan fingerprint density at radius 3 is 2.55 bits per heavy atom. The van der Waals surface area contributed by atoms with Gasteiger partial charge in [-0.25, -0.2) is 0 Å². The highest BCUT2D eigenvalue weighted by molar-refractivity contribution is 6.30. The first-order valence-corrected chi connectivity index (χ1v) is 10.9. The average molecular weight is 455 g/mol. The molecule has 0 atom stereocenters. The van der Waals surface area contributed by atoms with Gasteiger partial charge in [0.2, 0.25) is 5.91 Å². The first-order valence-electron chi connectivity index (χ1n) is 10.5. The van der Waals surface area contributed by atoms with E-state index >= 15 is 0 Å². The molecule has 0 saturated carbocycles. The van der Waals surface area contributed by atoms with Crippen molar-refractivity contribution in [1.29, 1.82) is 5.41 Å². The summed E-state index contributed by atoms with van der Waals surface area (Å²) in [5.74, 6) is -0.0532. The minimum absolute atomic E-state index is 0.0532. The van der Waals surface area contributed by atoms with Crippen molar-refractivity contribution in [3.05, 3.63) is 113 Å². The van der Waals surface area contributed by atoms with Gasteiger partial charge in [0, 0.05) is 46.5 Å². The molecule has 3 aromatic carbocycles. The smallest absolute Gasteiger partial charge is 0.231 e. The first-order chi connectivity index (χ1) is 16.1. The second kappa shape index (κ2) is 10.1. The predicted octanol–water partition coefficient (Wildman–Crippen LogP) is 5.61. The minimum atomic E-state index is -0.0532. The molecule has 6 heteroatoms. The van der Waals surface area contributed by atoms with E-state index in [9.17, 15) is 4.79 Å². The van der Waals surface area contributed by atoms with Crippen molar-refractivity contribution in [1.82, 2.24) is 4.98 Å². The van der Waals surface area contributed by atoms with E-state index in [0.29, 0.717) is 17.1 Å². The molecular weight excluding hydrogens is 432 g/mol. The summed E-state index contributed by atoms with van der Waals surface area (Å²) < 4.78 is 0. The summed E-state index contributed by atoms with van der Waals surface area (Å²) in [7, 11) is 0. The van der Waals surface area contributed by atoms with E-state index < -0.39 is 0 Å². The Hall–Kier alpha value is -3.96. The molecule has 0 aliphatic heterocycles. The van der Waals surface area contributed by atoms with Crippen molar-refractivity contribution < 1.29 is 4.79 Å². The third-order valence-electron chi connectivity index (χ3n) is 5.47. The van der Waals surface area contributed by atoms with E-state index in [1.54, 1.807) is 17.3 Å². The first kappa shape index (κ1) is 22.2. The fourth-order valence-corrected chi connectivity index (χ4v) is 3.99. The highest BCUT2D eigenvalue weighted by Gasteiger charge is 2.18. The molecule has 4 aromatic rings. The molecule has 164 valence electrons. The number of hydrogen-bond acceptors (Lipinski definition) is 4. The zero-order valence-corrected chi connectivity index (χ0v) is 18.7. The van der Waals surface area contributed by atoms with Crippen LogP contribution in [0.25, 0.3) is 16.3 Å². The number of nitrogens with two attached hydrogens (primary N) is 1. The maximum atomic E-state index is 13.6. The van der Waals surface area contributed by atoms with Crippen LogP contribution in [0.4, 0.5) is 5.69 Å². The Morgan fingerprint density at radius 2 is 1.82 bits per heavy atom. The van der Waals surface area contributed by atoms with Gasteiger partial charge < -0.3 is 16.0 Å². The number of carbonyl (C=O) groups excluding carboxylic acids is 1. The second-order valence-electron chi connectivity index (χ2n) is 7.62. The van der Waals surface area contributed by atoms with E-state index in [2.05, 4.69) is 4.98 Å². The maximum Gasteiger partial charge on any atom is 0.231 e. The largest absolute Gasteiger partial charge is 0.404 e. The van der Waals surface area contributed by atoms with Crippen molar-refractivity contribution in [2.24, 2.45) is 5.73 Å². The molecule has 0 unspecified atom stereocenters. The van der Waals surface area contributed by atoms with Crippen molar-refractivity contribution in [2.75, 3.05) is 4.90 Å². The van der Waals surface area contributed by atoms with Crippen LogP contribution in [0.5, 0.6) is 0 Å². The number of nitrogens with one attached hydrogen (secondary N) is 1. The lowest BCUT2D eigenvalue weighted by molar-refractivity contribution is -0.118. The summed E-state index contributed by atoms with van der Waals surface area (Å²) in [4.78, 5) is 19.6. The van der Waals surface area contributed by atoms with Crippen LogP contribution >= 0.6 is 11.6 Å². The normalized spacial score (nSPS) is 11.4. The molecule has 0 fully saturated rings. The van der Waals surface area contributed by atoms with E-state index in [1.807, 2.05) is 72.8 Å². The van der Waals surface area contributed by atoms with Crippen LogP contribution in [0.1, 0.15) is 16.7 Å². The van der Waals surface area contributed by atoms with Crippen molar-refractivity contribution in [3.63, 3.8) is 0 Å². The number of benzene rings is 3. The van der Waals surface area contributed by atoms with Gasteiger partial charge in [-0.2, -0.15) is 0 Å². The lowest BCUT2D eigenvalue weighted by atomic mass is 10.0. The molecule has 0 radical (unpaired) electrons. The SMILES string of the molecule is N=C/C(=C\N)c1ccc(N(Cc2cccc(Cl)c2)C(=O)Cc2cncc3ccccc23)cc1. The molecule has 33 heavy (non-hydrogen) atoms. The summed E-state index contributed by atoms with van der Waals surface area (Å²) in [6.07, 6.45) is 6.37. The van der Waals surface area contributed by atoms with E-state index in [4.69, 9.17) is 22.7 Å². The van der Waals surface area contributed by atoms with Crippen molar-refractivity contribution in [3.8, 4) is 0 Å². The van der Waals surface area contributed by atoms with Gasteiger partial charge in [-0.1, -0.05) is 60.1 Å². The number of nitrogens with zero attached hydrogens (tertiary/aromatic N) is 2. The molecular formula is C27H23ClN4O. The number of carbonyl (C=O) groups is 1. The number of anilines is 1. The van der Waals surface area contributed by atoms with E-state index in [0.717, 1.165) is 33.2 Å². The Labute approximate surface area is 197 Å².